The van der Waals surface area contributed by atoms with Crippen LogP contribution < -0.4 is 4.74 Å². The summed E-state index contributed by atoms with van der Waals surface area (Å²) in [5.41, 5.74) is 1.46. The Bertz CT molecular complexity index is 936. The Kier molecular flexibility index (Phi) is 5.54. The molecule has 0 saturated heterocycles. The van der Waals surface area contributed by atoms with Crippen molar-refractivity contribution in [3.05, 3.63) is 71.7 Å². The standard InChI is InChI=1S/C21H21FN2O3/c1-14(2)24(21(25)18-9-4-5-10-19(18)22)13-16-12-20(27-23-16)15-7-6-8-17(11-15)26-3/h4-12,14H,13H2,1-3H3. The van der Waals surface area contributed by atoms with Gasteiger partial charge in [0.1, 0.15) is 17.3 Å². The van der Waals surface area contributed by atoms with Crippen molar-refractivity contribution in [1.82, 2.24) is 10.1 Å². The van der Waals surface area contributed by atoms with Crippen LogP contribution in [0.5, 0.6) is 5.75 Å². The molecular formula is C21H21FN2O3. The second kappa shape index (κ2) is 8.03. The highest BCUT2D eigenvalue weighted by Crippen LogP contribution is 2.25. The van der Waals surface area contributed by atoms with E-state index in [1.807, 2.05) is 38.1 Å². The normalized spacial score (nSPS) is 10.9. The summed E-state index contributed by atoms with van der Waals surface area (Å²) in [6, 6.07) is 15.0. The molecular weight excluding hydrogens is 347 g/mol. The summed E-state index contributed by atoms with van der Waals surface area (Å²) in [5, 5.41) is 4.07. The molecule has 27 heavy (non-hydrogen) atoms. The molecule has 2 aromatic carbocycles. The molecule has 0 aliphatic rings. The van der Waals surface area contributed by atoms with Gasteiger partial charge in [0.25, 0.3) is 5.91 Å². The van der Waals surface area contributed by atoms with Crippen LogP contribution in [0.15, 0.2) is 59.1 Å². The predicted octanol–water partition coefficient (Wildman–Crippen LogP) is 4.54. The first-order valence-corrected chi connectivity index (χ1v) is 8.65. The lowest BCUT2D eigenvalue weighted by atomic mass is 10.1. The topological polar surface area (TPSA) is 55.6 Å². The van der Waals surface area contributed by atoms with Gasteiger partial charge in [-0.15, -0.1) is 0 Å². The van der Waals surface area contributed by atoms with Crippen molar-refractivity contribution in [2.24, 2.45) is 0 Å². The minimum atomic E-state index is -0.537. The second-order valence-corrected chi connectivity index (χ2v) is 6.42. The number of carbonyl (C=O) groups is 1. The van der Waals surface area contributed by atoms with E-state index in [1.54, 1.807) is 30.2 Å². The van der Waals surface area contributed by atoms with Gasteiger partial charge in [-0.25, -0.2) is 4.39 Å². The van der Waals surface area contributed by atoms with Gasteiger partial charge >= 0.3 is 0 Å². The average molecular weight is 368 g/mol. The van der Waals surface area contributed by atoms with Gasteiger partial charge < -0.3 is 14.2 Å². The third-order valence-electron chi connectivity index (χ3n) is 4.23. The zero-order valence-corrected chi connectivity index (χ0v) is 15.5. The Hall–Kier alpha value is -3.15. The van der Waals surface area contributed by atoms with Crippen LogP contribution in [-0.2, 0) is 6.54 Å². The SMILES string of the molecule is COc1cccc(-c2cc(CN(C(=O)c3ccccc3F)C(C)C)no2)c1. The number of benzene rings is 2. The minimum Gasteiger partial charge on any atom is -0.497 e. The zero-order chi connectivity index (χ0) is 19.4. The molecule has 0 fully saturated rings. The van der Waals surface area contributed by atoms with E-state index in [4.69, 9.17) is 9.26 Å². The number of carbonyl (C=O) groups excluding carboxylic acids is 1. The highest BCUT2D eigenvalue weighted by atomic mass is 19.1. The van der Waals surface area contributed by atoms with E-state index in [1.165, 1.54) is 12.1 Å². The van der Waals surface area contributed by atoms with Crippen LogP contribution in [0.3, 0.4) is 0 Å². The van der Waals surface area contributed by atoms with Crippen molar-refractivity contribution < 1.29 is 18.4 Å². The van der Waals surface area contributed by atoms with Gasteiger partial charge in [-0.1, -0.05) is 29.4 Å². The fourth-order valence-electron chi connectivity index (χ4n) is 2.75. The summed E-state index contributed by atoms with van der Waals surface area (Å²) in [6.45, 7) is 3.97. The van der Waals surface area contributed by atoms with Crippen LogP contribution in [0.2, 0.25) is 0 Å². The van der Waals surface area contributed by atoms with Crippen molar-refractivity contribution in [2.75, 3.05) is 7.11 Å². The van der Waals surface area contributed by atoms with Gasteiger partial charge in [-0.3, -0.25) is 4.79 Å². The summed E-state index contributed by atoms with van der Waals surface area (Å²) in [4.78, 5) is 14.3. The quantitative estimate of drug-likeness (QED) is 0.641. The monoisotopic (exact) mass is 368 g/mol. The molecule has 5 nitrogen and oxygen atoms in total. The lowest BCUT2D eigenvalue weighted by Crippen LogP contribution is -2.37. The van der Waals surface area contributed by atoms with Crippen LogP contribution in [0.1, 0.15) is 29.9 Å². The van der Waals surface area contributed by atoms with E-state index >= 15 is 0 Å². The Morgan fingerprint density at radius 1 is 1.19 bits per heavy atom. The number of hydrogen-bond acceptors (Lipinski definition) is 4. The lowest BCUT2D eigenvalue weighted by Gasteiger charge is -2.26. The fraction of sp³-hybridized carbons (Fsp3) is 0.238. The Labute approximate surface area is 157 Å². The van der Waals surface area contributed by atoms with E-state index < -0.39 is 5.82 Å². The van der Waals surface area contributed by atoms with Gasteiger partial charge in [0.2, 0.25) is 0 Å². The van der Waals surface area contributed by atoms with Crippen molar-refractivity contribution in [3.8, 4) is 17.1 Å². The first kappa shape index (κ1) is 18.6. The highest BCUT2D eigenvalue weighted by molar-refractivity contribution is 5.94. The summed E-state index contributed by atoms with van der Waals surface area (Å²) >= 11 is 0. The number of rotatable bonds is 6. The maximum absolute atomic E-state index is 14.0. The molecule has 1 amide bonds. The third kappa shape index (κ3) is 4.16. The molecule has 0 atom stereocenters. The highest BCUT2D eigenvalue weighted by Gasteiger charge is 2.23. The van der Waals surface area contributed by atoms with E-state index in [2.05, 4.69) is 5.16 Å². The Morgan fingerprint density at radius 2 is 1.96 bits per heavy atom. The van der Waals surface area contributed by atoms with Crippen LogP contribution >= 0.6 is 0 Å². The molecule has 0 radical (unpaired) electrons. The maximum atomic E-state index is 14.0. The summed E-state index contributed by atoms with van der Waals surface area (Å²) < 4.78 is 24.6. The molecule has 3 rings (SSSR count). The lowest BCUT2D eigenvalue weighted by molar-refractivity contribution is 0.0681. The van der Waals surface area contributed by atoms with Gasteiger partial charge in [-0.05, 0) is 38.1 Å². The predicted molar refractivity (Wildman–Crippen MR) is 99.9 cm³/mol. The van der Waals surface area contributed by atoms with Crippen molar-refractivity contribution in [1.29, 1.82) is 0 Å². The molecule has 0 saturated carbocycles. The van der Waals surface area contributed by atoms with E-state index in [9.17, 15) is 9.18 Å². The number of amides is 1. The molecule has 140 valence electrons. The van der Waals surface area contributed by atoms with E-state index in [0.29, 0.717) is 17.2 Å². The maximum Gasteiger partial charge on any atom is 0.257 e. The number of aromatic nitrogens is 1. The number of ether oxygens (including phenoxy) is 1. The zero-order valence-electron chi connectivity index (χ0n) is 15.5. The molecule has 0 spiro atoms. The van der Waals surface area contributed by atoms with Crippen molar-refractivity contribution in [3.63, 3.8) is 0 Å². The summed E-state index contributed by atoms with van der Waals surface area (Å²) in [5.74, 6) is 0.370. The van der Waals surface area contributed by atoms with Gasteiger partial charge in [-0.2, -0.15) is 0 Å². The largest absolute Gasteiger partial charge is 0.497 e. The van der Waals surface area contributed by atoms with Crippen molar-refractivity contribution in [2.45, 2.75) is 26.4 Å². The van der Waals surface area contributed by atoms with Gasteiger partial charge in [0.05, 0.1) is 19.2 Å². The van der Waals surface area contributed by atoms with E-state index in [-0.39, 0.29) is 24.1 Å². The molecule has 0 bridgehead atoms. The molecule has 0 N–H and O–H groups in total. The van der Waals surface area contributed by atoms with Crippen molar-refractivity contribution >= 4 is 5.91 Å². The second-order valence-electron chi connectivity index (χ2n) is 6.42. The number of halogens is 1. The molecule has 1 heterocycles. The van der Waals surface area contributed by atoms with Gasteiger partial charge in [0.15, 0.2) is 5.76 Å². The minimum absolute atomic E-state index is 0.0442. The molecule has 0 aliphatic heterocycles. The Morgan fingerprint density at radius 3 is 2.67 bits per heavy atom. The van der Waals surface area contributed by atoms with Crippen LogP contribution in [0.25, 0.3) is 11.3 Å². The average Bonchev–Trinajstić information content (AvgIpc) is 3.14. The third-order valence-corrected chi connectivity index (χ3v) is 4.23. The molecule has 3 aromatic rings. The van der Waals surface area contributed by atoms with E-state index in [0.717, 1.165) is 5.56 Å². The smallest absolute Gasteiger partial charge is 0.257 e. The number of methoxy groups -OCH3 is 1. The molecule has 1 aromatic heterocycles. The first-order valence-electron chi connectivity index (χ1n) is 8.65. The molecule has 0 unspecified atom stereocenters. The molecule has 6 heteroatoms. The van der Waals surface area contributed by atoms with Crippen LogP contribution in [0.4, 0.5) is 4.39 Å². The summed E-state index contributed by atoms with van der Waals surface area (Å²) in [7, 11) is 1.60. The summed E-state index contributed by atoms with van der Waals surface area (Å²) in [6.07, 6.45) is 0. The first-order chi connectivity index (χ1) is 13.0. The number of nitrogens with zero attached hydrogens (tertiary/aromatic N) is 2. The molecule has 0 aliphatic carbocycles. The van der Waals surface area contributed by atoms with Gasteiger partial charge in [0, 0.05) is 17.7 Å². The Balaban J connectivity index is 1.83. The van der Waals surface area contributed by atoms with Crippen LogP contribution in [-0.4, -0.2) is 29.1 Å². The number of hydrogen-bond donors (Lipinski definition) is 0. The van der Waals surface area contributed by atoms with Crippen LogP contribution in [0, 0.1) is 5.82 Å². The fourth-order valence-corrected chi connectivity index (χ4v) is 2.75.